The molecule has 12 nitrogen and oxygen atoms in total. The van der Waals surface area contributed by atoms with E-state index in [1.165, 1.54) is 6.20 Å². The maximum absolute atomic E-state index is 12.5. The molecule has 0 bridgehead atoms. The molecule has 2 amide bonds. The van der Waals surface area contributed by atoms with Gasteiger partial charge in [0.2, 0.25) is 11.9 Å². The third kappa shape index (κ3) is 8.37. The van der Waals surface area contributed by atoms with E-state index < -0.39 is 17.5 Å². The van der Waals surface area contributed by atoms with Gasteiger partial charge in [0.15, 0.2) is 11.2 Å². The monoisotopic (exact) mass is 508 g/mol. The second-order valence-electron chi connectivity index (χ2n) is 9.06. The van der Waals surface area contributed by atoms with Crippen LogP contribution in [-0.4, -0.2) is 50.6 Å². The number of aromatic nitrogens is 4. The molecule has 0 fully saturated rings. The number of aromatic amines is 1. The van der Waals surface area contributed by atoms with Crippen molar-refractivity contribution in [3.63, 3.8) is 0 Å². The van der Waals surface area contributed by atoms with Crippen LogP contribution in [0.4, 0.5) is 11.6 Å². The van der Waals surface area contributed by atoms with E-state index in [1.54, 1.807) is 24.3 Å². The van der Waals surface area contributed by atoms with Crippen LogP contribution < -0.4 is 27.2 Å². The largest absolute Gasteiger partial charge is 0.379 e. The van der Waals surface area contributed by atoms with Gasteiger partial charge in [0, 0.05) is 24.2 Å². The van der Waals surface area contributed by atoms with Gasteiger partial charge in [0.25, 0.3) is 11.5 Å². The molecule has 0 radical (unpaired) electrons. The Morgan fingerprint density at radius 2 is 1.89 bits per heavy atom. The molecular formula is C25H32N8O4. The van der Waals surface area contributed by atoms with Crippen LogP contribution in [0.3, 0.4) is 0 Å². The average Bonchev–Trinajstić information content (AvgIpc) is 2.88. The molecule has 3 aromatic rings. The Morgan fingerprint density at radius 1 is 1.14 bits per heavy atom. The van der Waals surface area contributed by atoms with E-state index in [9.17, 15) is 19.2 Å². The van der Waals surface area contributed by atoms with E-state index in [0.29, 0.717) is 35.7 Å². The predicted molar refractivity (Wildman–Crippen MR) is 140 cm³/mol. The number of nitrogens with one attached hydrogen (secondary N) is 4. The highest BCUT2D eigenvalue weighted by molar-refractivity contribution is 5.96. The van der Waals surface area contributed by atoms with E-state index in [0.717, 1.165) is 12.8 Å². The number of nitrogen functional groups attached to an aromatic ring is 1. The number of H-pyrrole nitrogens is 1. The van der Waals surface area contributed by atoms with Crippen molar-refractivity contribution in [1.29, 1.82) is 0 Å². The summed E-state index contributed by atoms with van der Waals surface area (Å²) in [4.78, 5) is 62.6. The summed E-state index contributed by atoms with van der Waals surface area (Å²) in [5.41, 5.74) is 6.90. The van der Waals surface area contributed by atoms with Gasteiger partial charge < -0.3 is 26.5 Å². The zero-order valence-corrected chi connectivity index (χ0v) is 20.9. The molecule has 12 heteroatoms. The molecule has 0 saturated carbocycles. The van der Waals surface area contributed by atoms with E-state index in [1.807, 2.05) is 0 Å². The maximum atomic E-state index is 12.5. The first-order valence-electron chi connectivity index (χ1n) is 12.1. The third-order valence-electron chi connectivity index (χ3n) is 5.55. The molecule has 0 aliphatic rings. The zero-order valence-electron chi connectivity index (χ0n) is 20.9. The minimum absolute atomic E-state index is 0.0284. The summed E-state index contributed by atoms with van der Waals surface area (Å²) in [6.45, 7) is 5.15. The van der Waals surface area contributed by atoms with Crippen molar-refractivity contribution in [1.82, 2.24) is 30.6 Å². The zero-order chi connectivity index (χ0) is 26.8. The molecule has 0 aliphatic carbocycles. The van der Waals surface area contributed by atoms with E-state index in [-0.39, 0.29) is 42.4 Å². The predicted octanol–water partition coefficient (Wildman–Crippen LogP) is 1.54. The minimum atomic E-state index is -0.758. The fraction of sp³-hybridized carbons (Fsp3) is 0.400. The summed E-state index contributed by atoms with van der Waals surface area (Å²) >= 11 is 0. The Kier molecular flexibility index (Phi) is 9.64. The number of fused-ring (bicyclic) bond motifs is 1. The maximum Gasteiger partial charge on any atom is 0.280 e. The molecule has 196 valence electrons. The number of nitrogens with zero attached hydrogens (tertiary/aromatic N) is 3. The molecule has 0 unspecified atom stereocenters. The van der Waals surface area contributed by atoms with Gasteiger partial charge in [-0.25, -0.2) is 9.97 Å². The van der Waals surface area contributed by atoms with Crippen molar-refractivity contribution in [3.05, 3.63) is 52.1 Å². The van der Waals surface area contributed by atoms with Gasteiger partial charge in [0.05, 0.1) is 24.5 Å². The number of carbonyl (C=O) groups excluding carboxylic acids is 3. The lowest BCUT2D eigenvalue weighted by molar-refractivity contribution is -0.121. The topological polar surface area (TPSA) is 185 Å². The minimum Gasteiger partial charge on any atom is -0.379 e. The molecule has 6 N–H and O–H groups in total. The van der Waals surface area contributed by atoms with Crippen LogP contribution in [0.25, 0.3) is 11.2 Å². The first kappa shape index (κ1) is 27.2. The van der Waals surface area contributed by atoms with Crippen LogP contribution in [0, 0.1) is 5.92 Å². The second-order valence-corrected chi connectivity index (χ2v) is 9.06. The summed E-state index contributed by atoms with van der Waals surface area (Å²) in [5, 5.41) is 8.63. The van der Waals surface area contributed by atoms with Gasteiger partial charge in [-0.15, -0.1) is 0 Å². The molecular weight excluding hydrogens is 476 g/mol. The van der Waals surface area contributed by atoms with E-state index in [2.05, 4.69) is 49.7 Å². The Balaban J connectivity index is 1.47. The third-order valence-corrected chi connectivity index (χ3v) is 5.55. The number of hydrogen-bond acceptors (Lipinski definition) is 9. The van der Waals surface area contributed by atoms with Crippen molar-refractivity contribution in [2.75, 3.05) is 17.6 Å². The average molecular weight is 509 g/mol. The first-order valence-corrected chi connectivity index (χ1v) is 12.1. The Morgan fingerprint density at radius 3 is 2.59 bits per heavy atom. The van der Waals surface area contributed by atoms with E-state index in [4.69, 9.17) is 5.73 Å². The van der Waals surface area contributed by atoms with Gasteiger partial charge in [-0.05, 0) is 49.4 Å². The van der Waals surface area contributed by atoms with E-state index >= 15 is 0 Å². The highest BCUT2D eigenvalue weighted by Crippen LogP contribution is 2.12. The summed E-state index contributed by atoms with van der Waals surface area (Å²) in [6.07, 6.45) is 4.45. The molecule has 1 aromatic carbocycles. The summed E-state index contributed by atoms with van der Waals surface area (Å²) in [7, 11) is 0. The first-order chi connectivity index (χ1) is 17.7. The molecule has 0 spiro atoms. The van der Waals surface area contributed by atoms with Crippen LogP contribution >= 0.6 is 0 Å². The number of aldehydes is 1. The van der Waals surface area contributed by atoms with Crippen molar-refractivity contribution in [2.24, 2.45) is 5.92 Å². The SMILES string of the molecule is CC(C)CCCNC(=O)CC[C@@H](C=O)NC(=O)c1ccc(NCc2cnc3nc(N)[nH]c(=O)c3n2)cc1. The Hall–Kier alpha value is -4.35. The van der Waals surface area contributed by atoms with Gasteiger partial charge >= 0.3 is 0 Å². The molecule has 37 heavy (non-hydrogen) atoms. The number of anilines is 2. The van der Waals surface area contributed by atoms with Gasteiger partial charge in [0.1, 0.15) is 6.29 Å². The van der Waals surface area contributed by atoms with Gasteiger partial charge in [-0.2, -0.15) is 4.98 Å². The van der Waals surface area contributed by atoms with Crippen molar-refractivity contribution in [2.45, 2.75) is 52.1 Å². The number of benzene rings is 1. The highest BCUT2D eigenvalue weighted by atomic mass is 16.2. The number of rotatable bonds is 13. The Bertz CT molecular complexity index is 1290. The summed E-state index contributed by atoms with van der Waals surface area (Å²) in [6, 6.07) is 5.89. The number of amides is 2. The summed E-state index contributed by atoms with van der Waals surface area (Å²) < 4.78 is 0. The highest BCUT2D eigenvalue weighted by Gasteiger charge is 2.15. The van der Waals surface area contributed by atoms with Crippen LogP contribution in [0.2, 0.25) is 0 Å². The number of nitrogens with two attached hydrogens (primary N) is 1. The number of hydrogen-bond donors (Lipinski definition) is 5. The lowest BCUT2D eigenvalue weighted by Crippen LogP contribution is -2.37. The lowest BCUT2D eigenvalue weighted by atomic mass is 10.1. The molecule has 2 aromatic heterocycles. The van der Waals surface area contributed by atoms with Crippen LogP contribution in [0.1, 0.15) is 55.6 Å². The van der Waals surface area contributed by atoms with Gasteiger partial charge in [-0.1, -0.05) is 13.8 Å². The standard InChI is InChI=1S/C25H32N8O4/c1-15(2)4-3-11-27-20(35)10-9-18(14-34)31-23(36)16-5-7-17(8-6-16)28-12-19-13-29-22-21(30-19)24(37)33-25(26)32-22/h5-8,13-15,18,28H,3-4,9-12H2,1-2H3,(H,27,35)(H,31,36)(H3,26,29,32,33,37)/t18-/m0/s1. The normalized spacial score (nSPS) is 11.8. The smallest absolute Gasteiger partial charge is 0.280 e. The number of carbonyl (C=O) groups is 3. The van der Waals surface area contributed by atoms with Crippen LogP contribution in [0.5, 0.6) is 0 Å². The van der Waals surface area contributed by atoms with Gasteiger partial charge in [-0.3, -0.25) is 19.4 Å². The Labute approximate surface area is 213 Å². The molecule has 0 saturated heterocycles. The van der Waals surface area contributed by atoms with Crippen LogP contribution in [0.15, 0.2) is 35.3 Å². The lowest BCUT2D eigenvalue weighted by Gasteiger charge is -2.13. The van der Waals surface area contributed by atoms with Crippen molar-refractivity contribution >= 4 is 40.9 Å². The second kappa shape index (κ2) is 13.1. The van der Waals surface area contributed by atoms with Crippen LogP contribution in [-0.2, 0) is 16.1 Å². The fourth-order valence-electron chi connectivity index (χ4n) is 3.53. The molecule has 3 rings (SSSR count). The van der Waals surface area contributed by atoms with Crippen molar-refractivity contribution in [3.8, 4) is 0 Å². The van der Waals surface area contributed by atoms with Crippen molar-refractivity contribution < 1.29 is 14.4 Å². The quantitative estimate of drug-likeness (QED) is 0.169. The molecule has 2 heterocycles. The fourth-order valence-corrected chi connectivity index (χ4v) is 3.53. The molecule has 0 aliphatic heterocycles. The summed E-state index contributed by atoms with van der Waals surface area (Å²) in [5.74, 6) is 0.00822. The molecule has 1 atom stereocenters.